The highest BCUT2D eigenvalue weighted by Crippen LogP contribution is 2.33. The molecule has 3 rings (SSSR count). The van der Waals surface area contributed by atoms with Gasteiger partial charge in [-0.1, -0.05) is 36.4 Å². The molecule has 0 radical (unpaired) electrons. The van der Waals surface area contributed by atoms with Crippen LogP contribution < -0.4 is 5.32 Å². The molecule has 0 aromatic heterocycles. The number of nitrogens with zero attached hydrogens (tertiary/aromatic N) is 2. The Morgan fingerprint density at radius 1 is 1.07 bits per heavy atom. The van der Waals surface area contributed by atoms with E-state index in [9.17, 15) is 9.59 Å². The molecule has 1 N–H and O–H groups in total. The van der Waals surface area contributed by atoms with Gasteiger partial charge in [-0.2, -0.15) is 0 Å². The van der Waals surface area contributed by atoms with E-state index in [-0.39, 0.29) is 30.9 Å². The van der Waals surface area contributed by atoms with Gasteiger partial charge >= 0.3 is 0 Å². The third-order valence-corrected chi connectivity index (χ3v) is 6.19. The Kier molecular flexibility index (Phi) is 7.34. The lowest BCUT2D eigenvalue weighted by molar-refractivity contribution is -0.133. The second-order valence-corrected chi connectivity index (χ2v) is 8.38. The number of carbonyl (C=O) groups is 2. The molecule has 1 aliphatic rings. The lowest BCUT2D eigenvalue weighted by Crippen LogP contribution is -2.41. The molecule has 0 saturated carbocycles. The van der Waals surface area contributed by atoms with Gasteiger partial charge in [0.1, 0.15) is 0 Å². The number of anilines is 1. The van der Waals surface area contributed by atoms with Crippen molar-refractivity contribution in [2.24, 2.45) is 0 Å². The maximum absolute atomic E-state index is 12.9. The van der Waals surface area contributed by atoms with Crippen molar-refractivity contribution in [3.05, 3.63) is 59.7 Å². The van der Waals surface area contributed by atoms with Crippen molar-refractivity contribution in [3.8, 4) is 0 Å². The van der Waals surface area contributed by atoms with Crippen molar-refractivity contribution < 1.29 is 9.59 Å². The van der Waals surface area contributed by atoms with Crippen LogP contribution in [0, 0.1) is 0 Å². The number of thioether (sulfide) groups is 1. The van der Waals surface area contributed by atoms with Gasteiger partial charge in [0.2, 0.25) is 11.8 Å². The fourth-order valence-corrected chi connectivity index (χ4v) is 4.44. The molecule has 1 atom stereocenters. The highest BCUT2D eigenvalue weighted by Gasteiger charge is 2.27. The van der Waals surface area contributed by atoms with Crippen LogP contribution in [0.3, 0.4) is 0 Å². The van der Waals surface area contributed by atoms with Crippen molar-refractivity contribution in [1.82, 2.24) is 9.80 Å². The number of hydrogen-bond acceptors (Lipinski definition) is 4. The molecule has 0 bridgehead atoms. The van der Waals surface area contributed by atoms with Crippen LogP contribution in [0.5, 0.6) is 0 Å². The predicted molar refractivity (Wildman–Crippen MR) is 119 cm³/mol. The van der Waals surface area contributed by atoms with Crippen molar-refractivity contribution in [3.63, 3.8) is 0 Å². The highest BCUT2D eigenvalue weighted by atomic mass is 32.2. The number of fused-ring (bicyclic) bond motifs is 1. The van der Waals surface area contributed by atoms with Crippen LogP contribution >= 0.6 is 11.8 Å². The molecule has 0 unspecified atom stereocenters. The smallest absolute Gasteiger partial charge is 0.238 e. The maximum Gasteiger partial charge on any atom is 0.238 e. The molecular weight excluding hydrogens is 382 g/mol. The molecule has 2 amide bonds. The first-order valence-electron chi connectivity index (χ1n) is 9.94. The zero-order chi connectivity index (χ0) is 20.8. The number of carbonyl (C=O) groups excluding carboxylic acids is 2. The summed E-state index contributed by atoms with van der Waals surface area (Å²) in [4.78, 5) is 29.9. The summed E-state index contributed by atoms with van der Waals surface area (Å²) in [5.41, 5.74) is 3.40. The lowest BCUT2D eigenvalue weighted by Gasteiger charge is -2.34. The molecule has 154 valence electrons. The van der Waals surface area contributed by atoms with E-state index >= 15 is 0 Å². The van der Waals surface area contributed by atoms with Crippen molar-refractivity contribution >= 4 is 29.3 Å². The predicted octanol–water partition coefficient (Wildman–Crippen LogP) is 3.81. The van der Waals surface area contributed by atoms with Crippen molar-refractivity contribution in [2.75, 3.05) is 38.8 Å². The lowest BCUT2D eigenvalue weighted by atomic mass is 9.87. The largest absolute Gasteiger partial charge is 0.338 e. The average molecular weight is 412 g/mol. The number of likely N-dealkylation sites (N-methyl/N-ethyl adjacent to an activating group) is 2. The first-order chi connectivity index (χ1) is 14.0. The number of rotatable bonds is 7. The second-order valence-electron chi connectivity index (χ2n) is 7.53. The zero-order valence-electron chi connectivity index (χ0n) is 17.4. The van der Waals surface area contributed by atoms with Crippen LogP contribution in [0.1, 0.15) is 30.0 Å². The van der Waals surface area contributed by atoms with E-state index in [0.717, 1.165) is 29.8 Å². The third-order valence-electron chi connectivity index (χ3n) is 5.40. The number of para-hydroxylation sites is 1. The SMILES string of the molecule is CSc1ccccc1NC(=O)CN(C)CC(=O)N(C)[C@@H]1CCCc2ccccc21. The van der Waals surface area contributed by atoms with Crippen LogP contribution in [-0.2, 0) is 16.0 Å². The summed E-state index contributed by atoms with van der Waals surface area (Å²) in [5, 5.41) is 2.94. The molecule has 0 heterocycles. The summed E-state index contributed by atoms with van der Waals surface area (Å²) >= 11 is 1.59. The molecule has 2 aromatic carbocycles. The standard InChI is InChI=1S/C23H29N3O2S/c1-25(15-22(27)24-19-12-6-7-14-21(19)29-3)16-23(28)26(2)20-13-8-10-17-9-4-5-11-18(17)20/h4-7,9,11-12,14,20H,8,10,13,15-16H2,1-3H3,(H,24,27)/t20-/m1/s1. The van der Waals surface area contributed by atoms with Crippen LogP contribution in [0.2, 0.25) is 0 Å². The number of amides is 2. The summed E-state index contributed by atoms with van der Waals surface area (Å²) in [6.45, 7) is 0.385. The average Bonchev–Trinajstić information content (AvgIpc) is 2.72. The monoisotopic (exact) mass is 411 g/mol. The zero-order valence-corrected chi connectivity index (χ0v) is 18.2. The Hall–Kier alpha value is -2.31. The minimum Gasteiger partial charge on any atom is -0.338 e. The van der Waals surface area contributed by atoms with Gasteiger partial charge in [0.05, 0.1) is 24.8 Å². The van der Waals surface area contributed by atoms with Gasteiger partial charge in [0.15, 0.2) is 0 Å². The number of aryl methyl sites for hydroxylation is 1. The van der Waals surface area contributed by atoms with E-state index in [0.29, 0.717) is 0 Å². The molecule has 0 fully saturated rings. The van der Waals surface area contributed by atoms with Gasteiger partial charge in [-0.05, 0) is 55.8 Å². The minimum atomic E-state index is -0.118. The number of benzene rings is 2. The Balaban J connectivity index is 1.56. The topological polar surface area (TPSA) is 52.7 Å². The summed E-state index contributed by atoms with van der Waals surface area (Å²) < 4.78 is 0. The fraction of sp³-hybridized carbons (Fsp3) is 0.391. The molecule has 0 aliphatic heterocycles. The Bertz CT molecular complexity index is 871. The van der Waals surface area contributed by atoms with E-state index in [4.69, 9.17) is 0 Å². The molecule has 29 heavy (non-hydrogen) atoms. The highest BCUT2D eigenvalue weighted by molar-refractivity contribution is 7.98. The molecule has 6 heteroatoms. The van der Waals surface area contributed by atoms with E-state index in [1.165, 1.54) is 11.1 Å². The molecule has 2 aromatic rings. The van der Waals surface area contributed by atoms with E-state index < -0.39 is 0 Å². The Labute approximate surface area is 177 Å². The van der Waals surface area contributed by atoms with E-state index in [1.54, 1.807) is 23.7 Å². The van der Waals surface area contributed by atoms with Gasteiger partial charge in [-0.25, -0.2) is 0 Å². The van der Waals surface area contributed by atoms with Crippen molar-refractivity contribution in [1.29, 1.82) is 0 Å². The first kappa shape index (κ1) is 21.4. The van der Waals surface area contributed by atoms with Gasteiger partial charge in [-0.3, -0.25) is 14.5 Å². The quantitative estimate of drug-likeness (QED) is 0.704. The van der Waals surface area contributed by atoms with Gasteiger partial charge in [0, 0.05) is 11.9 Å². The number of nitrogens with one attached hydrogen (secondary N) is 1. The van der Waals surface area contributed by atoms with E-state index in [1.807, 2.05) is 48.5 Å². The fourth-order valence-electron chi connectivity index (χ4n) is 3.89. The van der Waals surface area contributed by atoms with Gasteiger partial charge in [-0.15, -0.1) is 11.8 Å². The summed E-state index contributed by atoms with van der Waals surface area (Å²) in [5.74, 6) is -0.0843. The van der Waals surface area contributed by atoms with Gasteiger partial charge < -0.3 is 10.2 Å². The summed E-state index contributed by atoms with van der Waals surface area (Å²) in [6.07, 6.45) is 5.13. The molecule has 0 spiro atoms. The molecule has 5 nitrogen and oxygen atoms in total. The number of hydrogen-bond donors (Lipinski definition) is 1. The van der Waals surface area contributed by atoms with Crippen LogP contribution in [0.4, 0.5) is 5.69 Å². The van der Waals surface area contributed by atoms with Crippen LogP contribution in [0.25, 0.3) is 0 Å². The Morgan fingerprint density at radius 3 is 2.59 bits per heavy atom. The summed E-state index contributed by atoms with van der Waals surface area (Å²) in [7, 11) is 3.68. The second kappa shape index (κ2) is 9.94. The normalized spacial score (nSPS) is 15.7. The van der Waals surface area contributed by atoms with Crippen molar-refractivity contribution in [2.45, 2.75) is 30.2 Å². The maximum atomic E-state index is 12.9. The third kappa shape index (κ3) is 5.40. The summed E-state index contributed by atoms with van der Waals surface area (Å²) in [6, 6.07) is 16.2. The van der Waals surface area contributed by atoms with Gasteiger partial charge in [0.25, 0.3) is 0 Å². The Morgan fingerprint density at radius 2 is 1.79 bits per heavy atom. The van der Waals surface area contributed by atoms with Crippen LogP contribution in [0.15, 0.2) is 53.4 Å². The first-order valence-corrected chi connectivity index (χ1v) is 11.2. The molecule has 0 saturated heterocycles. The van der Waals surface area contributed by atoms with E-state index in [2.05, 4.69) is 23.5 Å². The molecular formula is C23H29N3O2S. The minimum absolute atomic E-state index is 0.0338. The molecule has 1 aliphatic carbocycles. The van der Waals surface area contributed by atoms with Crippen LogP contribution in [-0.4, -0.2) is 55.1 Å².